The molecule has 0 aliphatic heterocycles. The molecule has 1 unspecified atom stereocenters. The third kappa shape index (κ3) is 4.79. The number of hydrogen-bond donors (Lipinski definition) is 2. The predicted octanol–water partition coefficient (Wildman–Crippen LogP) is 1.19. The zero-order chi connectivity index (χ0) is 14.1. The molecule has 5 nitrogen and oxygen atoms in total. The van der Waals surface area contributed by atoms with Crippen LogP contribution in [0.1, 0.15) is 17.3 Å². The van der Waals surface area contributed by atoms with Crippen molar-refractivity contribution in [1.82, 2.24) is 10.9 Å². The first-order chi connectivity index (χ1) is 9.19. The number of carbonyl (C=O) groups excluding carboxylic acids is 2. The third-order valence-electron chi connectivity index (χ3n) is 2.20. The molecule has 0 aliphatic rings. The molecule has 1 amide bonds. The van der Waals surface area contributed by atoms with Crippen LogP contribution in [0.15, 0.2) is 48.7 Å². The first kappa shape index (κ1) is 14.7. The summed E-state index contributed by atoms with van der Waals surface area (Å²) >= 11 is 0. The predicted molar refractivity (Wildman–Crippen MR) is 71.2 cm³/mol. The van der Waals surface area contributed by atoms with Gasteiger partial charge in [-0.2, -0.15) is 0 Å². The Morgan fingerprint density at radius 2 is 2.11 bits per heavy atom. The van der Waals surface area contributed by atoms with Crippen LogP contribution in [-0.2, 0) is 9.53 Å². The Bertz CT molecular complexity index is 479. The monoisotopic (exact) mass is 260 g/mol. The largest absolute Gasteiger partial charge is 0.465 e. The van der Waals surface area contributed by atoms with Crippen LogP contribution in [0, 0.1) is 0 Å². The summed E-state index contributed by atoms with van der Waals surface area (Å²) in [6.07, 6.45) is 1.38. The fraction of sp³-hybridized carbons (Fsp3) is 0.214. The first-order valence-electron chi connectivity index (χ1n) is 5.82. The van der Waals surface area contributed by atoms with Crippen LogP contribution in [0.2, 0.25) is 0 Å². The van der Waals surface area contributed by atoms with Gasteiger partial charge in [0, 0.05) is 5.56 Å². The van der Waals surface area contributed by atoms with E-state index < -0.39 is 12.0 Å². The van der Waals surface area contributed by atoms with Gasteiger partial charge in [0.15, 0.2) is 0 Å². The Morgan fingerprint density at radius 1 is 1.42 bits per heavy atom. The summed E-state index contributed by atoms with van der Waals surface area (Å²) in [4.78, 5) is 23.3. The molecular weight excluding hydrogens is 244 g/mol. The molecular formula is C14H16N2O3. The number of amides is 1. The van der Waals surface area contributed by atoms with E-state index >= 15 is 0 Å². The highest BCUT2D eigenvalue weighted by atomic mass is 16.5. The van der Waals surface area contributed by atoms with Crippen LogP contribution in [0.3, 0.4) is 0 Å². The highest BCUT2D eigenvalue weighted by Crippen LogP contribution is 1.97. The zero-order valence-corrected chi connectivity index (χ0v) is 10.7. The van der Waals surface area contributed by atoms with Crippen LogP contribution in [-0.4, -0.2) is 24.5 Å². The Morgan fingerprint density at radius 3 is 2.68 bits per heavy atom. The molecule has 0 aromatic heterocycles. The maximum atomic E-state index is 11.8. The molecule has 5 heteroatoms. The van der Waals surface area contributed by atoms with Crippen LogP contribution >= 0.6 is 0 Å². The molecule has 1 aromatic carbocycles. The number of hydrazine groups is 1. The number of ether oxygens (including phenoxy) is 1. The van der Waals surface area contributed by atoms with Crippen molar-refractivity contribution < 1.29 is 14.3 Å². The van der Waals surface area contributed by atoms with Crippen molar-refractivity contribution in [1.29, 1.82) is 0 Å². The molecule has 0 spiro atoms. The lowest BCUT2D eigenvalue weighted by Crippen LogP contribution is -2.47. The maximum Gasteiger partial charge on any atom is 0.329 e. The van der Waals surface area contributed by atoms with Crippen LogP contribution in [0.5, 0.6) is 0 Å². The highest BCUT2D eigenvalue weighted by Gasteiger charge is 2.17. The van der Waals surface area contributed by atoms with E-state index in [-0.39, 0.29) is 12.5 Å². The molecule has 19 heavy (non-hydrogen) atoms. The first-order valence-corrected chi connectivity index (χ1v) is 5.82. The molecule has 0 saturated heterocycles. The van der Waals surface area contributed by atoms with Gasteiger partial charge in [-0.25, -0.2) is 10.2 Å². The SMILES string of the molecule is C=C=CC(NNC(=O)c1ccccc1)C(=O)OCC. The molecule has 0 saturated carbocycles. The summed E-state index contributed by atoms with van der Waals surface area (Å²) in [7, 11) is 0. The van der Waals surface area contributed by atoms with E-state index in [0.29, 0.717) is 5.56 Å². The highest BCUT2D eigenvalue weighted by molar-refractivity contribution is 5.94. The Labute approximate surface area is 111 Å². The molecule has 2 N–H and O–H groups in total. The second-order valence-electron chi connectivity index (χ2n) is 3.56. The van der Waals surface area contributed by atoms with Gasteiger partial charge < -0.3 is 4.74 Å². The van der Waals surface area contributed by atoms with E-state index in [0.717, 1.165) is 0 Å². The van der Waals surface area contributed by atoms with Gasteiger partial charge in [-0.1, -0.05) is 24.8 Å². The third-order valence-corrected chi connectivity index (χ3v) is 2.20. The summed E-state index contributed by atoms with van der Waals surface area (Å²) < 4.78 is 4.84. The van der Waals surface area contributed by atoms with E-state index in [2.05, 4.69) is 23.2 Å². The van der Waals surface area contributed by atoms with Crippen molar-refractivity contribution in [2.75, 3.05) is 6.61 Å². The fourth-order valence-electron chi connectivity index (χ4n) is 1.32. The summed E-state index contributed by atoms with van der Waals surface area (Å²) in [6.45, 7) is 5.35. The van der Waals surface area contributed by atoms with E-state index in [1.807, 2.05) is 6.07 Å². The van der Waals surface area contributed by atoms with Gasteiger partial charge in [-0.3, -0.25) is 10.2 Å². The average molecular weight is 260 g/mol. The molecule has 0 aliphatic carbocycles. The molecule has 0 radical (unpaired) electrons. The van der Waals surface area contributed by atoms with Gasteiger partial charge in [-0.05, 0) is 25.1 Å². The van der Waals surface area contributed by atoms with Crippen molar-refractivity contribution >= 4 is 11.9 Å². The lowest BCUT2D eigenvalue weighted by Gasteiger charge is -2.13. The Kier molecular flexibility index (Phi) is 6.09. The zero-order valence-electron chi connectivity index (χ0n) is 10.7. The minimum atomic E-state index is -0.815. The minimum Gasteiger partial charge on any atom is -0.465 e. The summed E-state index contributed by atoms with van der Waals surface area (Å²) in [5, 5.41) is 0. The quantitative estimate of drug-likeness (QED) is 0.458. The van der Waals surface area contributed by atoms with Gasteiger partial charge in [0.2, 0.25) is 0 Å². The second-order valence-corrected chi connectivity index (χ2v) is 3.56. The lowest BCUT2D eigenvalue weighted by atomic mass is 10.2. The smallest absolute Gasteiger partial charge is 0.329 e. The molecule has 0 bridgehead atoms. The topological polar surface area (TPSA) is 67.4 Å². The number of nitrogens with one attached hydrogen (secondary N) is 2. The van der Waals surface area contributed by atoms with Crippen LogP contribution in [0.25, 0.3) is 0 Å². The van der Waals surface area contributed by atoms with E-state index in [1.54, 1.807) is 31.2 Å². The van der Waals surface area contributed by atoms with E-state index in [1.165, 1.54) is 6.08 Å². The number of esters is 1. The van der Waals surface area contributed by atoms with Gasteiger partial charge in [0.05, 0.1) is 6.61 Å². The normalized spacial score (nSPS) is 11.0. The molecule has 1 rings (SSSR count). The van der Waals surface area contributed by atoms with Gasteiger partial charge in [0.25, 0.3) is 5.91 Å². The standard InChI is InChI=1S/C14H16N2O3/c1-3-8-12(14(18)19-4-2)15-16-13(17)11-9-6-5-7-10-11/h5-10,12,15H,1,4H2,2H3,(H,16,17). The van der Waals surface area contributed by atoms with E-state index in [4.69, 9.17) is 4.74 Å². The lowest BCUT2D eigenvalue weighted by molar-refractivity contribution is -0.144. The van der Waals surface area contributed by atoms with E-state index in [9.17, 15) is 9.59 Å². The van der Waals surface area contributed by atoms with Crippen molar-refractivity contribution in [3.63, 3.8) is 0 Å². The van der Waals surface area contributed by atoms with Crippen LogP contribution in [0.4, 0.5) is 0 Å². The van der Waals surface area contributed by atoms with Gasteiger partial charge in [-0.15, -0.1) is 5.73 Å². The van der Waals surface area contributed by atoms with Crippen molar-refractivity contribution in [2.24, 2.45) is 0 Å². The number of rotatable bonds is 6. The molecule has 1 aromatic rings. The Balaban J connectivity index is 2.59. The molecule has 0 fully saturated rings. The number of benzene rings is 1. The molecule has 100 valence electrons. The van der Waals surface area contributed by atoms with Crippen molar-refractivity contribution in [3.05, 3.63) is 54.3 Å². The minimum absolute atomic E-state index is 0.259. The van der Waals surface area contributed by atoms with Crippen molar-refractivity contribution in [3.8, 4) is 0 Å². The van der Waals surface area contributed by atoms with Gasteiger partial charge >= 0.3 is 5.97 Å². The second kappa shape index (κ2) is 7.87. The van der Waals surface area contributed by atoms with Crippen molar-refractivity contribution in [2.45, 2.75) is 13.0 Å². The summed E-state index contributed by atoms with van der Waals surface area (Å²) in [5.74, 6) is -0.848. The number of carbonyl (C=O) groups is 2. The Hall–Kier alpha value is -2.36. The molecule has 0 heterocycles. The summed E-state index contributed by atoms with van der Waals surface area (Å²) in [5.41, 5.74) is 7.97. The fourth-order valence-corrected chi connectivity index (χ4v) is 1.32. The summed E-state index contributed by atoms with van der Waals surface area (Å²) in [6, 6.07) is 7.83. The van der Waals surface area contributed by atoms with Crippen LogP contribution < -0.4 is 10.9 Å². The maximum absolute atomic E-state index is 11.8. The number of hydrogen-bond acceptors (Lipinski definition) is 4. The molecule has 1 atom stereocenters. The van der Waals surface area contributed by atoms with Gasteiger partial charge in [0.1, 0.15) is 6.04 Å². The average Bonchev–Trinajstić information content (AvgIpc) is 2.44.